The van der Waals surface area contributed by atoms with E-state index in [1.54, 1.807) is 0 Å². The lowest BCUT2D eigenvalue weighted by atomic mass is 11.3. The standard InChI is InChI=1S/C3H5ClSi2/c1-2-6(5)3-4/h2H,1,3H2. The molecule has 0 saturated carbocycles. The third-order valence-electron chi connectivity index (χ3n) is 0.390. The van der Waals surface area contributed by atoms with Crippen molar-refractivity contribution in [3.8, 4) is 0 Å². The third kappa shape index (κ3) is 2.69. The molecule has 0 heterocycles. The predicted molar refractivity (Wildman–Crippen MR) is 32.4 cm³/mol. The first kappa shape index (κ1) is 6.46. The molecule has 0 aromatic carbocycles. The summed E-state index contributed by atoms with van der Waals surface area (Å²) in [6, 6.07) is 0. The summed E-state index contributed by atoms with van der Waals surface area (Å²) in [6.07, 6.45) is 0. The molecule has 0 N–H and O–H groups in total. The van der Waals surface area contributed by atoms with E-state index in [0.29, 0.717) is 5.50 Å². The Balaban J connectivity index is 2.96. The Bertz CT molecular complexity index is 46.1. The largest absolute Gasteiger partial charge is 0.130 e. The van der Waals surface area contributed by atoms with Crippen LogP contribution in [0.3, 0.4) is 0 Å². The summed E-state index contributed by atoms with van der Waals surface area (Å²) in [5.74, 6) is 0. The monoisotopic (exact) mass is 132 g/mol. The van der Waals surface area contributed by atoms with Crippen LogP contribution in [0.5, 0.6) is 0 Å². The van der Waals surface area contributed by atoms with Crippen molar-refractivity contribution < 1.29 is 0 Å². The fourth-order valence-corrected chi connectivity index (χ4v) is 0.491. The maximum absolute atomic E-state index is 5.38. The molecule has 0 aliphatic carbocycles. The molecule has 4 radical (unpaired) electrons. The molecule has 32 valence electrons. The van der Waals surface area contributed by atoms with Crippen molar-refractivity contribution in [1.29, 1.82) is 0 Å². The first-order chi connectivity index (χ1) is 2.81. The molecule has 0 aromatic heterocycles. The lowest BCUT2D eigenvalue weighted by Crippen LogP contribution is -2.10. The number of hydrogen-bond acceptors (Lipinski definition) is 0. The van der Waals surface area contributed by atoms with E-state index in [9.17, 15) is 0 Å². The molecule has 0 saturated heterocycles. The molecule has 0 atom stereocenters. The summed E-state index contributed by atoms with van der Waals surface area (Å²) in [5.41, 5.74) is 2.56. The second-order valence-corrected chi connectivity index (χ2v) is 5.32. The smallest absolute Gasteiger partial charge is 0.0742 e. The molecule has 3 heteroatoms. The summed E-state index contributed by atoms with van der Waals surface area (Å²) in [7, 11) is 2.84. The van der Waals surface area contributed by atoms with Gasteiger partial charge in [0, 0.05) is 15.3 Å². The fraction of sp³-hybridized carbons (Fsp3) is 0.333. The van der Waals surface area contributed by atoms with E-state index in [-0.39, 0.29) is 0 Å². The topological polar surface area (TPSA) is 0 Å². The normalized spacial score (nSPS) is 9.17. The highest BCUT2D eigenvalue weighted by atomic mass is 35.5. The van der Waals surface area contributed by atoms with E-state index >= 15 is 0 Å². The van der Waals surface area contributed by atoms with Crippen LogP contribution in [0, 0.1) is 0 Å². The summed E-state index contributed by atoms with van der Waals surface area (Å²) < 4.78 is 0. The number of halogens is 1. The number of rotatable bonds is 2. The molecular formula is C3H5ClSi2. The zero-order chi connectivity index (χ0) is 4.99. The van der Waals surface area contributed by atoms with Crippen molar-refractivity contribution in [2.24, 2.45) is 0 Å². The van der Waals surface area contributed by atoms with Crippen molar-refractivity contribution in [3.63, 3.8) is 0 Å². The van der Waals surface area contributed by atoms with Gasteiger partial charge < -0.3 is 0 Å². The van der Waals surface area contributed by atoms with Crippen LogP contribution in [0.2, 0.25) is 0 Å². The van der Waals surface area contributed by atoms with Gasteiger partial charge >= 0.3 is 0 Å². The van der Waals surface area contributed by atoms with Crippen LogP contribution >= 0.6 is 11.6 Å². The Labute approximate surface area is 48.0 Å². The molecule has 0 bridgehead atoms. The first-order valence-corrected chi connectivity index (χ1v) is 5.39. The highest BCUT2D eigenvalue weighted by Crippen LogP contribution is 1.78. The summed E-state index contributed by atoms with van der Waals surface area (Å²) in [4.78, 5) is 0. The van der Waals surface area contributed by atoms with Crippen LogP contribution in [0.1, 0.15) is 0 Å². The van der Waals surface area contributed by atoms with Crippen LogP contribution in [0.15, 0.2) is 12.3 Å². The summed E-state index contributed by atoms with van der Waals surface area (Å²) >= 11 is 5.38. The highest BCUT2D eigenvalue weighted by Gasteiger charge is 1.90. The first-order valence-electron chi connectivity index (χ1n) is 1.57. The SMILES string of the molecule is C=C[Si]([Si])CCl. The minimum Gasteiger partial charge on any atom is -0.130 e. The van der Waals surface area contributed by atoms with Gasteiger partial charge in [0.05, 0.1) is 8.31 Å². The van der Waals surface area contributed by atoms with Crippen LogP contribution in [0.25, 0.3) is 0 Å². The highest BCUT2D eigenvalue weighted by molar-refractivity contribution is 7.08. The van der Waals surface area contributed by atoms with Gasteiger partial charge in [0.1, 0.15) is 0 Å². The van der Waals surface area contributed by atoms with Crippen LogP contribution in [-0.4, -0.2) is 23.6 Å². The second-order valence-electron chi connectivity index (χ2n) is 0.863. The van der Waals surface area contributed by atoms with Gasteiger partial charge in [-0.2, -0.15) is 0 Å². The molecule has 0 unspecified atom stereocenters. The van der Waals surface area contributed by atoms with Crippen LogP contribution < -0.4 is 0 Å². The Morgan fingerprint density at radius 1 is 2.00 bits per heavy atom. The zero-order valence-corrected chi connectivity index (χ0v) is 6.13. The quantitative estimate of drug-likeness (QED) is 0.383. The van der Waals surface area contributed by atoms with Crippen molar-refractivity contribution >= 4 is 29.7 Å². The Hall–Kier alpha value is 0.464. The predicted octanol–water partition coefficient (Wildman–Crippen LogP) is 0.650. The Morgan fingerprint density at radius 2 is 2.50 bits per heavy atom. The van der Waals surface area contributed by atoms with E-state index in [2.05, 4.69) is 16.3 Å². The van der Waals surface area contributed by atoms with Crippen molar-refractivity contribution in [2.45, 2.75) is 0 Å². The van der Waals surface area contributed by atoms with E-state index in [1.165, 1.54) is 0 Å². The van der Waals surface area contributed by atoms with Crippen LogP contribution in [0.4, 0.5) is 0 Å². The second kappa shape index (κ2) is 3.65. The molecule has 6 heavy (non-hydrogen) atoms. The Morgan fingerprint density at radius 3 is 2.50 bits per heavy atom. The van der Waals surface area contributed by atoms with Gasteiger partial charge in [0.15, 0.2) is 0 Å². The lowest BCUT2D eigenvalue weighted by molar-refractivity contribution is 2.08. The number of alkyl halides is 1. The molecule has 0 aliphatic heterocycles. The van der Waals surface area contributed by atoms with E-state index < -0.39 is 8.31 Å². The molecule has 0 rings (SSSR count). The van der Waals surface area contributed by atoms with Gasteiger partial charge in [-0.25, -0.2) is 0 Å². The van der Waals surface area contributed by atoms with E-state index in [1.807, 2.05) is 5.70 Å². The fourth-order valence-electron chi connectivity index (χ4n) is 0.0546. The van der Waals surface area contributed by atoms with E-state index in [4.69, 9.17) is 11.6 Å². The van der Waals surface area contributed by atoms with Crippen molar-refractivity contribution in [1.82, 2.24) is 0 Å². The molecule has 0 spiro atoms. The maximum Gasteiger partial charge on any atom is 0.0742 e. The van der Waals surface area contributed by atoms with Gasteiger partial charge in [-0.3, -0.25) is 0 Å². The molecule has 0 fully saturated rings. The van der Waals surface area contributed by atoms with Gasteiger partial charge in [0.2, 0.25) is 0 Å². The van der Waals surface area contributed by atoms with Crippen molar-refractivity contribution in [2.75, 3.05) is 5.50 Å². The van der Waals surface area contributed by atoms with E-state index in [0.717, 1.165) is 0 Å². The minimum absolute atomic E-state index is 0.533. The average Bonchev–Trinajstić information content (AvgIpc) is 1.65. The van der Waals surface area contributed by atoms with Gasteiger partial charge in [0.25, 0.3) is 0 Å². The van der Waals surface area contributed by atoms with Crippen molar-refractivity contribution in [3.05, 3.63) is 12.3 Å². The van der Waals surface area contributed by atoms with Gasteiger partial charge in [-0.1, -0.05) is 0 Å². The maximum atomic E-state index is 5.38. The zero-order valence-electron chi connectivity index (χ0n) is 3.37. The molecule has 0 amide bonds. The van der Waals surface area contributed by atoms with Crippen LogP contribution in [-0.2, 0) is 0 Å². The molecule has 0 aliphatic rings. The molecule has 0 aromatic rings. The summed E-state index contributed by atoms with van der Waals surface area (Å²) in [5, 5.41) is 0. The van der Waals surface area contributed by atoms with Gasteiger partial charge in [-0.05, 0) is 0 Å². The molecule has 0 nitrogen and oxygen atoms in total. The third-order valence-corrected chi connectivity index (χ3v) is 3.85. The summed E-state index contributed by atoms with van der Waals surface area (Å²) in [6.45, 7) is 3.54. The lowest BCUT2D eigenvalue weighted by Gasteiger charge is -1.88. The number of hydrogen-bond donors (Lipinski definition) is 0. The Kier molecular flexibility index (Phi) is 3.93. The minimum atomic E-state index is -0.533. The average molecular weight is 133 g/mol. The van der Waals surface area contributed by atoms with Gasteiger partial charge in [-0.15, -0.1) is 23.9 Å². The molecular weight excluding hydrogens is 128 g/mol.